The van der Waals surface area contributed by atoms with Gasteiger partial charge >= 0.3 is 6.01 Å². The van der Waals surface area contributed by atoms with Gasteiger partial charge in [-0.1, -0.05) is 5.10 Å². The number of rotatable bonds is 6. The average molecular weight is 270 g/mol. The van der Waals surface area contributed by atoms with Crippen molar-refractivity contribution in [3.63, 3.8) is 0 Å². The molecule has 0 bridgehead atoms. The summed E-state index contributed by atoms with van der Waals surface area (Å²) in [6.07, 6.45) is 0.186. The van der Waals surface area contributed by atoms with Crippen LogP contribution in [-0.4, -0.2) is 55.8 Å². The zero-order chi connectivity index (χ0) is 13.7. The molecule has 2 rings (SSSR count). The van der Waals surface area contributed by atoms with Crippen molar-refractivity contribution in [1.82, 2.24) is 15.5 Å². The minimum absolute atomic E-state index is 0.186. The fourth-order valence-electron chi connectivity index (χ4n) is 1.97. The van der Waals surface area contributed by atoms with Crippen LogP contribution in [0.25, 0.3) is 0 Å². The van der Waals surface area contributed by atoms with Crippen LogP contribution in [0.2, 0.25) is 0 Å². The highest BCUT2D eigenvalue weighted by atomic mass is 16.5. The van der Waals surface area contributed by atoms with Crippen molar-refractivity contribution in [3.8, 4) is 0 Å². The smallest absolute Gasteiger partial charge is 0.318 e. The summed E-state index contributed by atoms with van der Waals surface area (Å²) < 4.78 is 16.2. The highest BCUT2D eigenvalue weighted by molar-refractivity contribution is 5.27. The van der Waals surface area contributed by atoms with E-state index in [2.05, 4.69) is 27.3 Å². The Kier molecular flexibility index (Phi) is 5.12. The quantitative estimate of drug-likeness (QED) is 0.751. The van der Waals surface area contributed by atoms with Gasteiger partial charge in [0.05, 0.1) is 31.9 Å². The van der Waals surface area contributed by atoms with Crippen LogP contribution in [0.1, 0.15) is 19.7 Å². The Hall–Kier alpha value is -1.18. The largest absolute Gasteiger partial charge is 0.407 e. The van der Waals surface area contributed by atoms with Gasteiger partial charge in [0, 0.05) is 20.2 Å². The van der Waals surface area contributed by atoms with Crippen molar-refractivity contribution in [3.05, 3.63) is 5.89 Å². The summed E-state index contributed by atoms with van der Waals surface area (Å²) >= 11 is 0. The number of nitrogens with zero attached hydrogens (tertiary/aromatic N) is 3. The molecule has 0 amide bonds. The van der Waals surface area contributed by atoms with Crippen LogP contribution in [0.5, 0.6) is 0 Å². The van der Waals surface area contributed by atoms with E-state index in [9.17, 15) is 0 Å². The lowest BCUT2D eigenvalue weighted by molar-refractivity contribution is 0.0321. The van der Waals surface area contributed by atoms with Crippen molar-refractivity contribution in [1.29, 1.82) is 0 Å². The van der Waals surface area contributed by atoms with Gasteiger partial charge < -0.3 is 24.1 Å². The summed E-state index contributed by atoms with van der Waals surface area (Å²) in [6.45, 7) is 7.59. The van der Waals surface area contributed by atoms with Gasteiger partial charge in [-0.2, -0.15) is 0 Å². The Morgan fingerprint density at radius 1 is 1.42 bits per heavy atom. The van der Waals surface area contributed by atoms with Crippen molar-refractivity contribution in [2.45, 2.75) is 32.5 Å². The van der Waals surface area contributed by atoms with E-state index >= 15 is 0 Å². The number of methoxy groups -OCH3 is 1. The fraction of sp³-hybridized carbons (Fsp3) is 0.833. The summed E-state index contributed by atoms with van der Waals surface area (Å²) in [4.78, 5) is 2.10. The molecule has 1 N–H and O–H groups in total. The zero-order valence-corrected chi connectivity index (χ0v) is 11.8. The van der Waals surface area contributed by atoms with Crippen LogP contribution in [0.15, 0.2) is 4.42 Å². The van der Waals surface area contributed by atoms with E-state index in [0.29, 0.717) is 31.7 Å². The summed E-state index contributed by atoms with van der Waals surface area (Å²) in [5.74, 6) is 0.595. The Morgan fingerprint density at radius 3 is 3.05 bits per heavy atom. The van der Waals surface area contributed by atoms with Gasteiger partial charge in [-0.05, 0) is 13.8 Å². The maximum Gasteiger partial charge on any atom is 0.318 e. The first kappa shape index (κ1) is 14.2. The molecule has 7 nitrogen and oxygen atoms in total. The lowest BCUT2D eigenvalue weighted by Gasteiger charge is -2.35. The molecule has 1 aliphatic heterocycles. The molecule has 2 atom stereocenters. The molecule has 0 saturated carbocycles. The number of aromatic nitrogens is 2. The zero-order valence-electron chi connectivity index (χ0n) is 11.8. The SMILES string of the molecule is COCCNCc1nnc(N2CC(C)OCC2C)o1. The lowest BCUT2D eigenvalue weighted by Crippen LogP contribution is -2.47. The number of anilines is 1. The Balaban J connectivity index is 1.88. The van der Waals surface area contributed by atoms with E-state index in [1.165, 1.54) is 0 Å². The summed E-state index contributed by atoms with van der Waals surface area (Å²) in [5, 5.41) is 11.3. The van der Waals surface area contributed by atoms with Crippen molar-refractivity contribution < 1.29 is 13.9 Å². The Labute approximate surface area is 113 Å². The first-order valence-electron chi connectivity index (χ1n) is 6.61. The molecule has 0 radical (unpaired) electrons. The molecule has 1 aromatic heterocycles. The lowest BCUT2D eigenvalue weighted by atomic mass is 10.2. The maximum atomic E-state index is 5.67. The van der Waals surface area contributed by atoms with E-state index in [1.54, 1.807) is 7.11 Å². The van der Waals surface area contributed by atoms with Crippen LogP contribution >= 0.6 is 0 Å². The molecule has 1 fully saturated rings. The monoisotopic (exact) mass is 270 g/mol. The molecular formula is C12H22N4O3. The van der Waals surface area contributed by atoms with E-state index in [4.69, 9.17) is 13.9 Å². The van der Waals surface area contributed by atoms with Gasteiger partial charge in [0.1, 0.15) is 0 Å². The molecule has 0 aromatic carbocycles. The Morgan fingerprint density at radius 2 is 2.26 bits per heavy atom. The first-order valence-corrected chi connectivity index (χ1v) is 6.61. The molecule has 0 aliphatic carbocycles. The molecule has 1 aromatic rings. The molecular weight excluding hydrogens is 248 g/mol. The van der Waals surface area contributed by atoms with Crippen LogP contribution in [0, 0.1) is 0 Å². The maximum absolute atomic E-state index is 5.67. The highest BCUT2D eigenvalue weighted by Gasteiger charge is 2.27. The highest BCUT2D eigenvalue weighted by Crippen LogP contribution is 2.20. The summed E-state index contributed by atoms with van der Waals surface area (Å²) in [5.41, 5.74) is 0. The Bertz CT molecular complexity index is 385. The predicted molar refractivity (Wildman–Crippen MR) is 70.1 cm³/mol. The number of ether oxygens (including phenoxy) is 2. The molecule has 108 valence electrons. The van der Waals surface area contributed by atoms with E-state index < -0.39 is 0 Å². The molecule has 1 saturated heterocycles. The van der Waals surface area contributed by atoms with E-state index in [1.807, 2.05) is 6.92 Å². The van der Waals surface area contributed by atoms with Crippen molar-refractivity contribution in [2.24, 2.45) is 0 Å². The second-order valence-electron chi connectivity index (χ2n) is 4.79. The molecule has 2 unspecified atom stereocenters. The van der Waals surface area contributed by atoms with E-state index in [0.717, 1.165) is 13.1 Å². The third-order valence-electron chi connectivity index (χ3n) is 3.07. The normalized spacial score (nSPS) is 23.8. The van der Waals surface area contributed by atoms with Crippen LogP contribution < -0.4 is 10.2 Å². The number of morpholine rings is 1. The molecule has 2 heterocycles. The molecule has 1 aliphatic rings. The molecule has 19 heavy (non-hydrogen) atoms. The van der Waals surface area contributed by atoms with Crippen LogP contribution in [0.3, 0.4) is 0 Å². The second-order valence-corrected chi connectivity index (χ2v) is 4.79. The minimum atomic E-state index is 0.186. The van der Waals surface area contributed by atoms with Crippen LogP contribution in [-0.2, 0) is 16.0 Å². The third-order valence-corrected chi connectivity index (χ3v) is 3.07. The van der Waals surface area contributed by atoms with Crippen molar-refractivity contribution >= 4 is 6.01 Å². The van der Waals surface area contributed by atoms with Crippen LogP contribution in [0.4, 0.5) is 6.01 Å². The van der Waals surface area contributed by atoms with Gasteiger partial charge in [0.2, 0.25) is 5.89 Å². The fourth-order valence-corrected chi connectivity index (χ4v) is 1.97. The summed E-state index contributed by atoms with van der Waals surface area (Å²) in [7, 11) is 1.67. The average Bonchev–Trinajstić information content (AvgIpc) is 2.86. The van der Waals surface area contributed by atoms with Gasteiger partial charge in [0.25, 0.3) is 0 Å². The standard InChI is InChI=1S/C12H22N4O3/c1-9-8-18-10(2)7-16(9)12-15-14-11(19-12)6-13-4-5-17-3/h9-10,13H,4-8H2,1-3H3. The topological polar surface area (TPSA) is 72.7 Å². The minimum Gasteiger partial charge on any atom is -0.407 e. The predicted octanol–water partition coefficient (Wildman–Crippen LogP) is 0.419. The first-order chi connectivity index (χ1) is 9.20. The van der Waals surface area contributed by atoms with Gasteiger partial charge in [0.15, 0.2) is 0 Å². The van der Waals surface area contributed by atoms with Gasteiger partial charge in [-0.15, -0.1) is 5.10 Å². The van der Waals surface area contributed by atoms with Gasteiger partial charge in [-0.3, -0.25) is 0 Å². The molecule has 7 heteroatoms. The molecule has 0 spiro atoms. The van der Waals surface area contributed by atoms with Crippen molar-refractivity contribution in [2.75, 3.05) is 38.3 Å². The number of nitrogens with one attached hydrogen (secondary N) is 1. The second kappa shape index (κ2) is 6.83. The summed E-state index contributed by atoms with van der Waals surface area (Å²) in [6, 6.07) is 0.831. The third kappa shape index (κ3) is 3.89. The van der Waals surface area contributed by atoms with Gasteiger partial charge in [-0.25, -0.2) is 0 Å². The number of hydrogen-bond donors (Lipinski definition) is 1. The number of hydrogen-bond acceptors (Lipinski definition) is 7. The van der Waals surface area contributed by atoms with E-state index in [-0.39, 0.29) is 12.1 Å².